The van der Waals surface area contributed by atoms with Crippen LogP contribution in [-0.2, 0) is 4.74 Å². The van der Waals surface area contributed by atoms with Gasteiger partial charge in [0.25, 0.3) is 5.91 Å². The van der Waals surface area contributed by atoms with Crippen LogP contribution in [0.15, 0.2) is 18.3 Å². The molecule has 0 radical (unpaired) electrons. The van der Waals surface area contributed by atoms with E-state index in [2.05, 4.69) is 15.2 Å². The van der Waals surface area contributed by atoms with Crippen molar-refractivity contribution in [2.75, 3.05) is 37.7 Å². The molecular weight excluding hydrogens is 351 g/mol. The normalized spacial score (nSPS) is 14.4. The fourth-order valence-corrected chi connectivity index (χ4v) is 2.45. The molecule has 0 aromatic carbocycles. The molecule has 1 amide bonds. The van der Waals surface area contributed by atoms with Crippen LogP contribution in [0.25, 0.3) is 0 Å². The number of pyridine rings is 1. The molecular formula is C16H28Cl2N4O2. The standard InChI is InChI=1S/C16H26N4O2.2ClH/c1-3-16(17,4-2)12-19-15(21)13-6-5-7-18-14(13)20-8-10-22-11-9-20;;/h5-7H,3-4,8-12,17H2,1-2H3,(H,19,21);2*1H. The number of halogens is 2. The third kappa shape index (κ3) is 5.77. The number of nitrogens with zero attached hydrogens (tertiary/aromatic N) is 2. The lowest BCUT2D eigenvalue weighted by atomic mass is 9.94. The molecule has 1 aromatic rings. The molecule has 0 saturated carbocycles. The third-order valence-corrected chi connectivity index (χ3v) is 4.35. The van der Waals surface area contributed by atoms with Gasteiger partial charge in [-0.3, -0.25) is 4.79 Å². The van der Waals surface area contributed by atoms with Crippen LogP contribution < -0.4 is 16.0 Å². The van der Waals surface area contributed by atoms with Gasteiger partial charge in [0.2, 0.25) is 0 Å². The molecule has 2 heterocycles. The molecule has 3 N–H and O–H groups in total. The molecule has 2 rings (SSSR count). The highest BCUT2D eigenvalue weighted by atomic mass is 35.5. The Balaban J connectivity index is 0.00000264. The highest BCUT2D eigenvalue weighted by Crippen LogP contribution is 2.19. The highest BCUT2D eigenvalue weighted by Gasteiger charge is 2.24. The summed E-state index contributed by atoms with van der Waals surface area (Å²) in [5, 5.41) is 2.96. The minimum Gasteiger partial charge on any atom is -0.378 e. The summed E-state index contributed by atoms with van der Waals surface area (Å²) in [6, 6.07) is 3.59. The summed E-state index contributed by atoms with van der Waals surface area (Å²) in [5.74, 6) is 0.602. The minimum atomic E-state index is -0.350. The van der Waals surface area contributed by atoms with Gasteiger partial charge in [0.1, 0.15) is 5.82 Å². The summed E-state index contributed by atoms with van der Waals surface area (Å²) < 4.78 is 5.36. The molecule has 138 valence electrons. The largest absolute Gasteiger partial charge is 0.378 e. The van der Waals surface area contributed by atoms with Crippen molar-refractivity contribution in [3.8, 4) is 0 Å². The summed E-state index contributed by atoms with van der Waals surface area (Å²) >= 11 is 0. The highest BCUT2D eigenvalue weighted by molar-refractivity contribution is 5.98. The number of anilines is 1. The number of nitrogens with two attached hydrogens (primary N) is 1. The van der Waals surface area contributed by atoms with Crippen molar-refractivity contribution in [3.63, 3.8) is 0 Å². The van der Waals surface area contributed by atoms with Crippen LogP contribution >= 0.6 is 24.8 Å². The van der Waals surface area contributed by atoms with Crippen molar-refractivity contribution in [3.05, 3.63) is 23.9 Å². The van der Waals surface area contributed by atoms with Gasteiger partial charge in [-0.25, -0.2) is 4.98 Å². The molecule has 0 bridgehead atoms. The lowest BCUT2D eigenvalue weighted by molar-refractivity contribution is 0.0940. The Hall–Kier alpha value is -1.08. The minimum absolute atomic E-state index is 0. The number of aromatic nitrogens is 1. The summed E-state index contributed by atoms with van der Waals surface area (Å²) in [6.45, 7) is 7.38. The second-order valence-corrected chi connectivity index (χ2v) is 5.73. The first-order chi connectivity index (χ1) is 10.6. The first-order valence-electron chi connectivity index (χ1n) is 7.94. The third-order valence-electron chi connectivity index (χ3n) is 4.35. The number of ether oxygens (including phenoxy) is 1. The zero-order valence-corrected chi connectivity index (χ0v) is 15.9. The van der Waals surface area contributed by atoms with E-state index < -0.39 is 0 Å². The number of morpholine rings is 1. The Bertz CT molecular complexity index is 507. The van der Waals surface area contributed by atoms with Crippen molar-refractivity contribution >= 4 is 36.5 Å². The second-order valence-electron chi connectivity index (χ2n) is 5.73. The van der Waals surface area contributed by atoms with Crippen molar-refractivity contribution < 1.29 is 9.53 Å². The van der Waals surface area contributed by atoms with Crippen molar-refractivity contribution in [2.24, 2.45) is 5.73 Å². The molecule has 1 aromatic heterocycles. The van der Waals surface area contributed by atoms with Crippen molar-refractivity contribution in [2.45, 2.75) is 32.2 Å². The average Bonchev–Trinajstić information content (AvgIpc) is 2.60. The van der Waals surface area contributed by atoms with Crippen LogP contribution in [-0.4, -0.2) is 49.3 Å². The molecule has 0 aliphatic carbocycles. The maximum atomic E-state index is 12.5. The second kappa shape index (κ2) is 10.7. The van der Waals surface area contributed by atoms with Crippen molar-refractivity contribution in [1.82, 2.24) is 10.3 Å². The van der Waals surface area contributed by atoms with Crippen molar-refractivity contribution in [1.29, 1.82) is 0 Å². The van der Waals surface area contributed by atoms with Crippen LogP contribution in [0.4, 0.5) is 5.82 Å². The van der Waals surface area contributed by atoms with Gasteiger partial charge in [-0.05, 0) is 25.0 Å². The molecule has 6 nitrogen and oxygen atoms in total. The molecule has 1 aliphatic rings. The van der Waals surface area contributed by atoms with Gasteiger partial charge in [-0.2, -0.15) is 0 Å². The Labute approximate surface area is 156 Å². The van der Waals surface area contributed by atoms with E-state index in [4.69, 9.17) is 10.5 Å². The van der Waals surface area contributed by atoms with Gasteiger partial charge in [0.05, 0.1) is 18.8 Å². The SMILES string of the molecule is CCC(N)(CC)CNC(=O)c1cccnc1N1CCOCC1.Cl.Cl. The van der Waals surface area contributed by atoms with E-state index in [1.807, 2.05) is 19.9 Å². The molecule has 0 atom stereocenters. The smallest absolute Gasteiger partial charge is 0.255 e. The molecule has 24 heavy (non-hydrogen) atoms. The van der Waals surface area contributed by atoms with E-state index in [-0.39, 0.29) is 36.3 Å². The maximum Gasteiger partial charge on any atom is 0.255 e. The van der Waals surface area contributed by atoms with Gasteiger partial charge in [-0.1, -0.05) is 13.8 Å². The van der Waals surface area contributed by atoms with Crippen LogP contribution in [0.2, 0.25) is 0 Å². The summed E-state index contributed by atoms with van der Waals surface area (Å²) in [4.78, 5) is 19.0. The molecule has 1 saturated heterocycles. The van der Waals surface area contributed by atoms with Crippen LogP contribution in [0, 0.1) is 0 Å². The average molecular weight is 379 g/mol. The number of carbonyl (C=O) groups excluding carboxylic acids is 1. The molecule has 0 spiro atoms. The van der Waals surface area contributed by atoms with E-state index in [0.29, 0.717) is 25.3 Å². The monoisotopic (exact) mass is 378 g/mol. The zero-order valence-electron chi connectivity index (χ0n) is 14.3. The number of nitrogens with one attached hydrogen (secondary N) is 1. The molecule has 1 aliphatic heterocycles. The van der Waals surface area contributed by atoms with Gasteiger partial charge >= 0.3 is 0 Å². The van der Waals surface area contributed by atoms with Crippen LogP contribution in [0.3, 0.4) is 0 Å². The van der Waals surface area contributed by atoms with Gasteiger partial charge in [0, 0.05) is 31.4 Å². The number of carbonyl (C=O) groups is 1. The van der Waals surface area contributed by atoms with Crippen LogP contribution in [0.5, 0.6) is 0 Å². The number of amides is 1. The lowest BCUT2D eigenvalue weighted by Crippen LogP contribution is -2.49. The number of hydrogen-bond donors (Lipinski definition) is 2. The van der Waals surface area contributed by atoms with Crippen LogP contribution in [0.1, 0.15) is 37.0 Å². The Morgan fingerprint density at radius 3 is 2.54 bits per heavy atom. The first-order valence-corrected chi connectivity index (χ1v) is 7.94. The quantitative estimate of drug-likeness (QED) is 0.791. The molecule has 1 fully saturated rings. The summed E-state index contributed by atoms with van der Waals surface area (Å²) in [7, 11) is 0. The van der Waals surface area contributed by atoms with Gasteiger partial charge in [-0.15, -0.1) is 24.8 Å². The fourth-order valence-electron chi connectivity index (χ4n) is 2.45. The van der Waals surface area contributed by atoms with E-state index in [9.17, 15) is 4.79 Å². The van der Waals surface area contributed by atoms with Gasteiger partial charge < -0.3 is 20.7 Å². The number of hydrogen-bond acceptors (Lipinski definition) is 5. The van der Waals surface area contributed by atoms with E-state index in [1.165, 1.54) is 0 Å². The maximum absolute atomic E-state index is 12.5. The van der Waals surface area contributed by atoms with E-state index in [0.717, 1.165) is 31.7 Å². The Morgan fingerprint density at radius 1 is 1.33 bits per heavy atom. The predicted octanol–water partition coefficient (Wildman–Crippen LogP) is 2.01. The Morgan fingerprint density at radius 2 is 1.96 bits per heavy atom. The topological polar surface area (TPSA) is 80.5 Å². The van der Waals surface area contributed by atoms with E-state index in [1.54, 1.807) is 12.3 Å². The van der Waals surface area contributed by atoms with Gasteiger partial charge in [0.15, 0.2) is 0 Å². The molecule has 8 heteroatoms. The predicted molar refractivity (Wildman–Crippen MR) is 102 cm³/mol. The lowest BCUT2D eigenvalue weighted by Gasteiger charge is -2.30. The fraction of sp³-hybridized carbons (Fsp3) is 0.625. The summed E-state index contributed by atoms with van der Waals surface area (Å²) in [6.07, 6.45) is 3.37. The summed E-state index contributed by atoms with van der Waals surface area (Å²) in [5.41, 5.74) is 6.49. The zero-order chi connectivity index (χ0) is 16.0. The Kier molecular flexibility index (Phi) is 10.2. The first kappa shape index (κ1) is 22.9. The molecule has 0 unspecified atom stereocenters. The van der Waals surface area contributed by atoms with E-state index >= 15 is 0 Å². The number of rotatable bonds is 6.